The molecule has 0 atom stereocenters. The highest BCUT2D eigenvalue weighted by Crippen LogP contribution is 2.19. The van der Waals surface area contributed by atoms with Crippen LogP contribution in [-0.2, 0) is 16.1 Å². The molecule has 1 rings (SSSR count). The van der Waals surface area contributed by atoms with Crippen molar-refractivity contribution in [3.63, 3.8) is 0 Å². The Labute approximate surface area is 114 Å². The molecule has 0 saturated heterocycles. The minimum absolute atomic E-state index is 0.0256. The number of rotatable bonds is 5. The smallest absolute Gasteiger partial charge is 0.228 e. The standard InChI is InChI=1S/C15H22N2O2/c1-15(2,3)14(19)17(10-9-13(16)18)11-12-7-5-4-6-8-12/h4-8H,9-11H2,1-3H3,(H2,16,18). The van der Waals surface area contributed by atoms with Crippen molar-refractivity contribution in [3.05, 3.63) is 35.9 Å². The Bertz CT molecular complexity index is 435. The molecule has 2 amide bonds. The average Bonchev–Trinajstić information content (AvgIpc) is 2.33. The van der Waals surface area contributed by atoms with E-state index < -0.39 is 5.41 Å². The Kier molecular flexibility index (Phi) is 5.10. The highest BCUT2D eigenvalue weighted by Gasteiger charge is 2.27. The Morgan fingerprint density at radius 3 is 2.21 bits per heavy atom. The van der Waals surface area contributed by atoms with Crippen molar-refractivity contribution in [2.75, 3.05) is 6.54 Å². The summed E-state index contributed by atoms with van der Waals surface area (Å²) in [6.07, 6.45) is 0.189. The summed E-state index contributed by atoms with van der Waals surface area (Å²) in [5.74, 6) is -0.364. The van der Waals surface area contributed by atoms with Gasteiger partial charge in [-0.1, -0.05) is 51.1 Å². The van der Waals surface area contributed by atoms with Crippen LogP contribution in [-0.4, -0.2) is 23.3 Å². The molecule has 1 aromatic rings. The Balaban J connectivity index is 2.80. The van der Waals surface area contributed by atoms with Crippen molar-refractivity contribution in [2.24, 2.45) is 11.1 Å². The zero-order valence-corrected chi connectivity index (χ0v) is 11.8. The summed E-state index contributed by atoms with van der Waals surface area (Å²) in [6, 6.07) is 9.73. The second-order valence-corrected chi connectivity index (χ2v) is 5.68. The average molecular weight is 262 g/mol. The van der Waals surface area contributed by atoms with E-state index in [1.807, 2.05) is 51.1 Å². The monoisotopic (exact) mass is 262 g/mol. The largest absolute Gasteiger partial charge is 0.370 e. The topological polar surface area (TPSA) is 63.4 Å². The number of nitrogens with zero attached hydrogens (tertiary/aromatic N) is 1. The van der Waals surface area contributed by atoms with E-state index in [-0.39, 0.29) is 18.2 Å². The second-order valence-electron chi connectivity index (χ2n) is 5.68. The predicted octanol–water partition coefficient (Wildman–Crippen LogP) is 1.94. The third-order valence-electron chi connectivity index (χ3n) is 2.77. The van der Waals surface area contributed by atoms with E-state index in [0.29, 0.717) is 13.1 Å². The molecule has 0 fully saturated rings. The van der Waals surface area contributed by atoms with Crippen LogP contribution in [0.25, 0.3) is 0 Å². The van der Waals surface area contributed by atoms with Crippen molar-refractivity contribution in [1.82, 2.24) is 4.90 Å². The molecule has 0 radical (unpaired) electrons. The lowest BCUT2D eigenvalue weighted by Gasteiger charge is -2.29. The van der Waals surface area contributed by atoms with Crippen LogP contribution in [0.2, 0.25) is 0 Å². The first-order chi connectivity index (χ1) is 8.80. The molecule has 104 valence electrons. The number of carbonyl (C=O) groups excluding carboxylic acids is 2. The molecule has 0 heterocycles. The van der Waals surface area contributed by atoms with E-state index in [9.17, 15) is 9.59 Å². The van der Waals surface area contributed by atoms with Crippen LogP contribution in [0, 0.1) is 5.41 Å². The normalized spacial score (nSPS) is 11.1. The molecule has 0 bridgehead atoms. The minimum Gasteiger partial charge on any atom is -0.370 e. The van der Waals surface area contributed by atoms with Gasteiger partial charge in [-0.15, -0.1) is 0 Å². The van der Waals surface area contributed by atoms with Crippen molar-refractivity contribution < 1.29 is 9.59 Å². The molecule has 0 aromatic heterocycles. The van der Waals surface area contributed by atoms with Crippen molar-refractivity contribution in [3.8, 4) is 0 Å². The van der Waals surface area contributed by atoms with Crippen molar-refractivity contribution in [2.45, 2.75) is 33.7 Å². The molecule has 0 aliphatic rings. The number of amides is 2. The molecular formula is C15H22N2O2. The van der Waals surface area contributed by atoms with Gasteiger partial charge in [0.05, 0.1) is 0 Å². The maximum absolute atomic E-state index is 12.4. The van der Waals surface area contributed by atoms with Crippen LogP contribution in [0.4, 0.5) is 0 Å². The Hall–Kier alpha value is -1.84. The molecule has 1 aromatic carbocycles. The summed E-state index contributed by atoms with van der Waals surface area (Å²) >= 11 is 0. The third-order valence-corrected chi connectivity index (χ3v) is 2.77. The summed E-state index contributed by atoms with van der Waals surface area (Å²) < 4.78 is 0. The van der Waals surface area contributed by atoms with Gasteiger partial charge in [0.2, 0.25) is 11.8 Å². The lowest BCUT2D eigenvalue weighted by molar-refractivity contribution is -0.140. The van der Waals surface area contributed by atoms with E-state index in [1.54, 1.807) is 4.90 Å². The molecule has 4 heteroatoms. The van der Waals surface area contributed by atoms with E-state index in [1.165, 1.54) is 0 Å². The van der Waals surface area contributed by atoms with Gasteiger partial charge in [-0.05, 0) is 5.56 Å². The molecular weight excluding hydrogens is 240 g/mol. The number of nitrogens with two attached hydrogens (primary N) is 1. The van der Waals surface area contributed by atoms with Gasteiger partial charge in [-0.25, -0.2) is 0 Å². The molecule has 0 aliphatic carbocycles. The van der Waals surface area contributed by atoms with Gasteiger partial charge in [0.25, 0.3) is 0 Å². The zero-order chi connectivity index (χ0) is 14.5. The van der Waals surface area contributed by atoms with Gasteiger partial charge < -0.3 is 10.6 Å². The maximum Gasteiger partial charge on any atom is 0.228 e. The number of hydrogen-bond acceptors (Lipinski definition) is 2. The SMILES string of the molecule is CC(C)(C)C(=O)N(CCC(N)=O)Cc1ccccc1. The van der Waals surface area contributed by atoms with Crippen LogP contribution in [0.5, 0.6) is 0 Å². The number of benzene rings is 1. The fourth-order valence-corrected chi connectivity index (χ4v) is 1.78. The second kappa shape index (κ2) is 6.36. The molecule has 0 aliphatic heterocycles. The van der Waals surface area contributed by atoms with Crippen LogP contribution in [0.1, 0.15) is 32.8 Å². The van der Waals surface area contributed by atoms with Crippen LogP contribution in [0.3, 0.4) is 0 Å². The Morgan fingerprint density at radius 2 is 1.74 bits per heavy atom. The van der Waals surface area contributed by atoms with Gasteiger partial charge in [-0.2, -0.15) is 0 Å². The van der Waals surface area contributed by atoms with Gasteiger partial charge in [0.15, 0.2) is 0 Å². The number of hydrogen-bond donors (Lipinski definition) is 1. The third kappa shape index (κ3) is 5.12. The van der Waals surface area contributed by atoms with Crippen LogP contribution >= 0.6 is 0 Å². The Morgan fingerprint density at radius 1 is 1.16 bits per heavy atom. The number of primary amides is 1. The lowest BCUT2D eigenvalue weighted by atomic mass is 9.94. The first-order valence-corrected chi connectivity index (χ1v) is 6.42. The molecule has 4 nitrogen and oxygen atoms in total. The summed E-state index contributed by atoms with van der Waals surface area (Å²) in [6.45, 7) is 6.48. The maximum atomic E-state index is 12.4. The zero-order valence-electron chi connectivity index (χ0n) is 11.8. The summed E-state index contributed by atoms with van der Waals surface area (Å²) in [4.78, 5) is 25.0. The summed E-state index contributed by atoms with van der Waals surface area (Å²) in [7, 11) is 0. The first-order valence-electron chi connectivity index (χ1n) is 6.42. The first kappa shape index (κ1) is 15.2. The van der Waals surface area contributed by atoms with E-state index in [4.69, 9.17) is 5.73 Å². The highest BCUT2D eigenvalue weighted by molar-refractivity contribution is 5.82. The molecule has 2 N–H and O–H groups in total. The quantitative estimate of drug-likeness (QED) is 0.881. The molecule has 0 saturated carbocycles. The van der Waals surface area contributed by atoms with E-state index >= 15 is 0 Å². The van der Waals surface area contributed by atoms with Crippen LogP contribution < -0.4 is 5.73 Å². The summed E-state index contributed by atoms with van der Waals surface area (Å²) in [5, 5.41) is 0. The van der Waals surface area contributed by atoms with Gasteiger partial charge in [-0.3, -0.25) is 9.59 Å². The predicted molar refractivity (Wildman–Crippen MR) is 75.1 cm³/mol. The fourth-order valence-electron chi connectivity index (χ4n) is 1.78. The van der Waals surface area contributed by atoms with Gasteiger partial charge in [0.1, 0.15) is 0 Å². The minimum atomic E-state index is -0.466. The summed E-state index contributed by atoms with van der Waals surface area (Å²) in [5.41, 5.74) is 5.75. The van der Waals surface area contributed by atoms with E-state index in [0.717, 1.165) is 5.56 Å². The highest BCUT2D eigenvalue weighted by atomic mass is 16.2. The molecule has 0 spiro atoms. The number of carbonyl (C=O) groups is 2. The molecule has 19 heavy (non-hydrogen) atoms. The van der Waals surface area contributed by atoms with Crippen molar-refractivity contribution >= 4 is 11.8 Å². The van der Waals surface area contributed by atoms with E-state index in [2.05, 4.69) is 0 Å². The lowest BCUT2D eigenvalue weighted by Crippen LogP contribution is -2.40. The fraction of sp³-hybridized carbons (Fsp3) is 0.467. The van der Waals surface area contributed by atoms with Gasteiger partial charge >= 0.3 is 0 Å². The van der Waals surface area contributed by atoms with Crippen LogP contribution in [0.15, 0.2) is 30.3 Å². The van der Waals surface area contributed by atoms with Gasteiger partial charge in [0, 0.05) is 24.9 Å². The van der Waals surface area contributed by atoms with Crippen molar-refractivity contribution in [1.29, 1.82) is 0 Å². The molecule has 0 unspecified atom stereocenters.